The highest BCUT2D eigenvalue weighted by Crippen LogP contribution is 2.37. The van der Waals surface area contributed by atoms with E-state index in [0.29, 0.717) is 12.0 Å². The summed E-state index contributed by atoms with van der Waals surface area (Å²) >= 11 is 1.69. The van der Waals surface area contributed by atoms with Crippen molar-refractivity contribution in [3.63, 3.8) is 0 Å². The minimum absolute atomic E-state index is 0.390. The Kier molecular flexibility index (Phi) is 2.86. The van der Waals surface area contributed by atoms with E-state index in [0.717, 1.165) is 29.0 Å². The van der Waals surface area contributed by atoms with Crippen molar-refractivity contribution >= 4 is 33.3 Å². The Balaban J connectivity index is 2.12. The van der Waals surface area contributed by atoms with Crippen molar-refractivity contribution in [2.75, 3.05) is 17.2 Å². The monoisotopic (exact) mass is 262 g/mol. The molecule has 18 heavy (non-hydrogen) atoms. The van der Waals surface area contributed by atoms with Gasteiger partial charge in [-0.2, -0.15) is 4.98 Å². The van der Waals surface area contributed by atoms with Crippen LogP contribution in [0.25, 0.3) is 10.2 Å². The summed E-state index contributed by atoms with van der Waals surface area (Å²) in [5, 5.41) is 1.16. The van der Waals surface area contributed by atoms with Gasteiger partial charge in [0.05, 0.1) is 5.39 Å². The lowest BCUT2D eigenvalue weighted by molar-refractivity contribution is 0.754. The van der Waals surface area contributed by atoms with Crippen molar-refractivity contribution in [1.29, 1.82) is 0 Å². The molecule has 0 atom stereocenters. The number of hydrogen-bond acceptors (Lipinski definition) is 5. The molecule has 0 unspecified atom stereocenters. The molecule has 5 heteroatoms. The highest BCUT2D eigenvalue weighted by atomic mass is 32.1. The highest BCUT2D eigenvalue weighted by Gasteiger charge is 2.31. The maximum absolute atomic E-state index is 5.85. The third kappa shape index (κ3) is 2.03. The van der Waals surface area contributed by atoms with Crippen molar-refractivity contribution in [2.45, 2.75) is 39.2 Å². The minimum atomic E-state index is 0.390. The molecular weight excluding hydrogens is 244 g/mol. The molecule has 0 saturated heterocycles. The van der Waals surface area contributed by atoms with E-state index < -0.39 is 0 Å². The number of aryl methyl sites for hydroxylation is 1. The fourth-order valence-electron chi connectivity index (χ4n) is 2.35. The maximum Gasteiger partial charge on any atom is 0.223 e. The van der Waals surface area contributed by atoms with Gasteiger partial charge in [0.2, 0.25) is 5.95 Å². The normalized spacial score (nSPS) is 15.2. The van der Waals surface area contributed by atoms with Gasteiger partial charge in [0, 0.05) is 17.5 Å². The second-order valence-corrected chi connectivity index (χ2v) is 6.14. The number of nitrogens with two attached hydrogens (primary N) is 1. The van der Waals surface area contributed by atoms with E-state index in [4.69, 9.17) is 5.73 Å². The third-order valence-corrected chi connectivity index (χ3v) is 4.18. The van der Waals surface area contributed by atoms with Gasteiger partial charge in [-0.1, -0.05) is 6.92 Å². The van der Waals surface area contributed by atoms with E-state index in [1.54, 1.807) is 11.3 Å². The van der Waals surface area contributed by atoms with Crippen molar-refractivity contribution in [1.82, 2.24) is 9.97 Å². The van der Waals surface area contributed by atoms with Crippen LogP contribution in [-0.4, -0.2) is 22.6 Å². The van der Waals surface area contributed by atoms with Crippen LogP contribution in [0, 0.1) is 6.92 Å². The Morgan fingerprint density at radius 1 is 1.44 bits per heavy atom. The largest absolute Gasteiger partial charge is 0.368 e. The van der Waals surface area contributed by atoms with E-state index in [2.05, 4.69) is 34.8 Å². The van der Waals surface area contributed by atoms with Crippen LogP contribution in [0.15, 0.2) is 6.07 Å². The second-order valence-electron chi connectivity index (χ2n) is 4.91. The van der Waals surface area contributed by atoms with Gasteiger partial charge < -0.3 is 10.6 Å². The van der Waals surface area contributed by atoms with Crippen LogP contribution in [0.2, 0.25) is 0 Å². The van der Waals surface area contributed by atoms with Crippen molar-refractivity contribution in [3.8, 4) is 0 Å². The van der Waals surface area contributed by atoms with Gasteiger partial charge in [-0.3, -0.25) is 0 Å². The molecule has 0 amide bonds. The van der Waals surface area contributed by atoms with Gasteiger partial charge in [0.1, 0.15) is 10.6 Å². The van der Waals surface area contributed by atoms with E-state index in [1.807, 2.05) is 0 Å². The van der Waals surface area contributed by atoms with Crippen molar-refractivity contribution < 1.29 is 0 Å². The van der Waals surface area contributed by atoms with Gasteiger partial charge in [-0.05, 0) is 32.3 Å². The lowest BCUT2D eigenvalue weighted by atomic mass is 10.3. The summed E-state index contributed by atoms with van der Waals surface area (Å²) in [6.45, 7) is 5.36. The molecule has 2 heterocycles. The Morgan fingerprint density at radius 2 is 2.22 bits per heavy atom. The van der Waals surface area contributed by atoms with Crippen LogP contribution in [0.5, 0.6) is 0 Å². The SMILES string of the molecule is CCCN(c1nc(N)nc2sc(C)cc12)C1CC1. The number of thiophene rings is 1. The predicted molar refractivity (Wildman–Crippen MR) is 77.2 cm³/mol. The molecule has 0 bridgehead atoms. The zero-order chi connectivity index (χ0) is 12.7. The molecule has 3 rings (SSSR count). The average molecular weight is 262 g/mol. The molecule has 0 aromatic carbocycles. The number of fused-ring (bicyclic) bond motifs is 1. The lowest BCUT2D eigenvalue weighted by Gasteiger charge is -2.23. The van der Waals surface area contributed by atoms with Crippen LogP contribution >= 0.6 is 11.3 Å². The lowest BCUT2D eigenvalue weighted by Crippen LogP contribution is -2.27. The number of rotatable bonds is 4. The number of anilines is 2. The fourth-order valence-corrected chi connectivity index (χ4v) is 3.23. The van der Waals surface area contributed by atoms with Gasteiger partial charge in [-0.15, -0.1) is 11.3 Å². The van der Waals surface area contributed by atoms with E-state index in [1.165, 1.54) is 17.7 Å². The van der Waals surface area contributed by atoms with Gasteiger partial charge >= 0.3 is 0 Å². The first-order chi connectivity index (χ1) is 8.69. The van der Waals surface area contributed by atoms with E-state index >= 15 is 0 Å². The first-order valence-corrected chi connectivity index (χ1v) is 7.31. The van der Waals surface area contributed by atoms with Crippen molar-refractivity contribution in [3.05, 3.63) is 10.9 Å². The zero-order valence-corrected chi connectivity index (χ0v) is 11.6. The molecule has 0 radical (unpaired) electrons. The standard InChI is InChI=1S/C13H18N4S/c1-3-6-17(9-4-5-9)11-10-7-8(2)18-12(10)16-13(14)15-11/h7,9H,3-6H2,1-2H3,(H2,14,15,16). The molecular formula is C13H18N4S. The number of aromatic nitrogens is 2. The molecule has 1 saturated carbocycles. The molecule has 1 aliphatic carbocycles. The molecule has 0 spiro atoms. The Labute approximate surface area is 111 Å². The summed E-state index contributed by atoms with van der Waals surface area (Å²) in [5.41, 5.74) is 5.85. The fraction of sp³-hybridized carbons (Fsp3) is 0.538. The number of nitrogens with zero attached hydrogens (tertiary/aromatic N) is 3. The van der Waals surface area contributed by atoms with Gasteiger partial charge in [0.25, 0.3) is 0 Å². The smallest absolute Gasteiger partial charge is 0.223 e. The Morgan fingerprint density at radius 3 is 2.89 bits per heavy atom. The first kappa shape index (κ1) is 11.7. The summed E-state index contributed by atoms with van der Waals surface area (Å²) in [6, 6.07) is 2.84. The Hall–Kier alpha value is -1.36. The molecule has 2 aromatic rings. The molecule has 0 aliphatic heterocycles. The van der Waals surface area contributed by atoms with Crippen LogP contribution in [0.3, 0.4) is 0 Å². The van der Waals surface area contributed by atoms with Crippen LogP contribution in [0.4, 0.5) is 11.8 Å². The number of nitrogen functional groups attached to an aromatic ring is 1. The van der Waals surface area contributed by atoms with E-state index in [9.17, 15) is 0 Å². The molecule has 96 valence electrons. The maximum atomic E-state index is 5.85. The van der Waals surface area contributed by atoms with E-state index in [-0.39, 0.29) is 0 Å². The zero-order valence-electron chi connectivity index (χ0n) is 10.8. The Bertz CT molecular complexity index is 574. The van der Waals surface area contributed by atoms with Crippen LogP contribution < -0.4 is 10.6 Å². The molecule has 2 N–H and O–H groups in total. The summed E-state index contributed by atoms with van der Waals surface area (Å²) in [7, 11) is 0. The highest BCUT2D eigenvalue weighted by molar-refractivity contribution is 7.18. The van der Waals surface area contributed by atoms with Gasteiger partial charge in [-0.25, -0.2) is 4.98 Å². The topological polar surface area (TPSA) is 55.0 Å². The molecule has 1 aliphatic rings. The van der Waals surface area contributed by atoms with Crippen LogP contribution in [-0.2, 0) is 0 Å². The van der Waals surface area contributed by atoms with Crippen LogP contribution in [0.1, 0.15) is 31.1 Å². The van der Waals surface area contributed by atoms with Crippen molar-refractivity contribution in [2.24, 2.45) is 0 Å². The molecule has 4 nitrogen and oxygen atoms in total. The van der Waals surface area contributed by atoms with Gasteiger partial charge in [0.15, 0.2) is 0 Å². The molecule has 1 fully saturated rings. The molecule has 2 aromatic heterocycles. The quantitative estimate of drug-likeness (QED) is 0.920. The summed E-state index contributed by atoms with van der Waals surface area (Å²) < 4.78 is 0. The average Bonchev–Trinajstić information content (AvgIpc) is 3.08. The predicted octanol–water partition coefficient (Wildman–Crippen LogP) is 2.96. The summed E-state index contributed by atoms with van der Waals surface area (Å²) in [5.74, 6) is 1.42. The summed E-state index contributed by atoms with van der Waals surface area (Å²) in [4.78, 5) is 13.5. The number of hydrogen-bond donors (Lipinski definition) is 1. The summed E-state index contributed by atoms with van der Waals surface area (Å²) in [6.07, 6.45) is 3.67. The third-order valence-electron chi connectivity index (χ3n) is 3.24. The second kappa shape index (κ2) is 4.39. The first-order valence-electron chi connectivity index (χ1n) is 6.49. The minimum Gasteiger partial charge on any atom is -0.368 e.